The van der Waals surface area contributed by atoms with Crippen LogP contribution in [0.25, 0.3) is 5.65 Å². The first kappa shape index (κ1) is 34.7. The minimum Gasteiger partial charge on any atom is -0.345 e. The van der Waals surface area contributed by atoms with E-state index in [0.717, 1.165) is 19.3 Å². The Bertz CT molecular complexity index is 1510. The summed E-state index contributed by atoms with van der Waals surface area (Å²) in [6.07, 6.45) is 2.66. The van der Waals surface area contributed by atoms with Crippen LogP contribution in [0.15, 0.2) is 23.1 Å². The minimum atomic E-state index is -4.46. The number of amides is 2. The Kier molecular flexibility index (Phi) is 10.7. The highest BCUT2D eigenvalue weighted by Gasteiger charge is 2.47. The molecule has 11 nitrogen and oxygen atoms in total. The molecule has 3 aliphatic rings. The zero-order chi connectivity index (χ0) is 33.7. The third-order valence-electron chi connectivity index (χ3n) is 7.43. The second-order valence-corrected chi connectivity index (χ2v) is 11.6. The highest BCUT2D eigenvalue weighted by molar-refractivity contribution is 5.93. The van der Waals surface area contributed by atoms with Gasteiger partial charge < -0.3 is 10.6 Å². The Morgan fingerprint density at radius 1 is 1.15 bits per heavy atom. The number of alkyl halides is 7. The fourth-order valence-electron chi connectivity index (χ4n) is 4.88. The first-order valence-electron chi connectivity index (χ1n) is 14.6. The number of rotatable bonds is 7. The molecular formula is C28H32F7N7O4. The topological polar surface area (TPSA) is 144 Å². The van der Waals surface area contributed by atoms with Gasteiger partial charge in [0.05, 0.1) is 24.6 Å². The summed E-state index contributed by atoms with van der Waals surface area (Å²) in [6.45, 7) is 0.660. The Labute approximate surface area is 257 Å². The average Bonchev–Trinajstić information content (AvgIpc) is 3.37. The van der Waals surface area contributed by atoms with Gasteiger partial charge in [0.25, 0.3) is 11.8 Å². The molecule has 252 valence electrons. The SMILES string of the molecule is CC(F)(F)C=O.FC1(F)CCCCC1.O=C(NCc1cn2ncc(C[C@H]3CC(C(F)(F)F)NC3=O)cc2n1)c1nonc1C1CC1. The number of carbonyl (C=O) groups excluding carboxylic acids is 3. The van der Waals surface area contributed by atoms with E-state index in [2.05, 4.69) is 30.3 Å². The number of fused-ring (bicyclic) bond motifs is 1. The standard InChI is InChI=1S/C19H18F3N7O3.C6H10F2.C3H4F2O/c20-19(21,22)13-5-11(17(30)26-13)3-9-4-14-25-12(8-29(14)24-6-9)7-23-18(31)16-15(10-1-2-10)27-32-28-16;7-6(8)4-2-1-3-5-6;1-3(4,5)2-6/h4,6,8,10-11,13H,1-3,5,7H2,(H,23,31)(H,26,30);1-5H2;2H,1H3/t11-,13?;;/m0../s1. The highest BCUT2D eigenvalue weighted by Crippen LogP contribution is 2.40. The minimum absolute atomic E-state index is 0.118. The van der Waals surface area contributed by atoms with Crippen LogP contribution in [0.2, 0.25) is 0 Å². The van der Waals surface area contributed by atoms with Crippen molar-refractivity contribution < 1.29 is 49.7 Å². The van der Waals surface area contributed by atoms with E-state index in [4.69, 9.17) is 4.79 Å². The second kappa shape index (κ2) is 14.1. The van der Waals surface area contributed by atoms with Crippen molar-refractivity contribution in [3.8, 4) is 0 Å². The number of nitrogens with zero attached hydrogens (tertiary/aromatic N) is 5. The van der Waals surface area contributed by atoms with E-state index in [9.17, 15) is 40.3 Å². The van der Waals surface area contributed by atoms with Gasteiger partial charge in [0.2, 0.25) is 11.8 Å². The number of nitrogens with one attached hydrogen (secondary N) is 2. The van der Waals surface area contributed by atoms with Crippen molar-refractivity contribution in [3.05, 3.63) is 41.1 Å². The first-order chi connectivity index (χ1) is 21.5. The Morgan fingerprint density at radius 2 is 1.83 bits per heavy atom. The maximum Gasteiger partial charge on any atom is 0.408 e. The molecule has 3 aromatic rings. The van der Waals surface area contributed by atoms with Crippen molar-refractivity contribution in [3.63, 3.8) is 0 Å². The van der Waals surface area contributed by atoms with Crippen molar-refractivity contribution >= 4 is 23.7 Å². The Hall–Kier alpha value is -4.12. The lowest BCUT2D eigenvalue weighted by molar-refractivity contribution is -0.154. The van der Waals surface area contributed by atoms with Crippen LogP contribution in [0.5, 0.6) is 0 Å². The molecule has 2 amide bonds. The normalized spacial score (nSPS) is 21.0. The molecule has 1 unspecified atom stereocenters. The van der Waals surface area contributed by atoms with Gasteiger partial charge in [-0.1, -0.05) is 11.6 Å². The fourth-order valence-corrected chi connectivity index (χ4v) is 4.88. The maximum atomic E-state index is 12.9. The predicted molar refractivity (Wildman–Crippen MR) is 145 cm³/mol. The molecule has 0 radical (unpaired) electrons. The molecule has 1 saturated heterocycles. The lowest BCUT2D eigenvalue weighted by Crippen LogP contribution is -2.38. The molecule has 0 spiro atoms. The number of hydrogen-bond acceptors (Lipinski definition) is 8. The molecule has 0 aromatic carbocycles. The lowest BCUT2D eigenvalue weighted by atomic mass is 9.97. The van der Waals surface area contributed by atoms with E-state index in [1.165, 1.54) is 10.7 Å². The number of imidazole rings is 1. The summed E-state index contributed by atoms with van der Waals surface area (Å²) < 4.78 is 91.3. The van der Waals surface area contributed by atoms with Gasteiger partial charge in [-0.3, -0.25) is 14.4 Å². The van der Waals surface area contributed by atoms with E-state index in [1.54, 1.807) is 12.3 Å². The van der Waals surface area contributed by atoms with Crippen molar-refractivity contribution in [1.29, 1.82) is 0 Å². The molecule has 0 bridgehead atoms. The first-order valence-corrected chi connectivity index (χ1v) is 14.6. The smallest absolute Gasteiger partial charge is 0.345 e. The molecule has 1 aliphatic heterocycles. The fraction of sp³-hybridized carbons (Fsp3) is 0.607. The van der Waals surface area contributed by atoms with Crippen LogP contribution >= 0.6 is 0 Å². The third kappa shape index (κ3) is 9.94. The number of halogens is 7. The maximum absolute atomic E-state index is 12.9. The molecule has 46 heavy (non-hydrogen) atoms. The summed E-state index contributed by atoms with van der Waals surface area (Å²) in [5, 5.41) is 16.4. The van der Waals surface area contributed by atoms with Crippen molar-refractivity contribution in [2.45, 2.75) is 101 Å². The summed E-state index contributed by atoms with van der Waals surface area (Å²) in [4.78, 5) is 37.8. The van der Waals surface area contributed by atoms with Crippen molar-refractivity contribution in [2.24, 2.45) is 5.92 Å². The molecule has 6 rings (SSSR count). The van der Waals surface area contributed by atoms with Gasteiger partial charge in [0.1, 0.15) is 11.7 Å². The summed E-state index contributed by atoms with van der Waals surface area (Å²) in [5.74, 6) is -7.06. The van der Waals surface area contributed by atoms with Gasteiger partial charge in [-0.15, -0.1) is 0 Å². The molecule has 3 aromatic heterocycles. The van der Waals surface area contributed by atoms with Crippen LogP contribution in [-0.4, -0.2) is 67.1 Å². The molecule has 3 fully saturated rings. The number of aldehydes is 1. The van der Waals surface area contributed by atoms with Gasteiger partial charge in [-0.05, 0) is 55.3 Å². The van der Waals surface area contributed by atoms with Crippen molar-refractivity contribution in [1.82, 2.24) is 35.5 Å². The molecule has 2 aliphatic carbocycles. The molecular weight excluding hydrogens is 631 g/mol. The van der Waals surface area contributed by atoms with E-state index < -0.39 is 48.1 Å². The molecule has 2 atom stereocenters. The second-order valence-electron chi connectivity index (χ2n) is 11.6. The van der Waals surface area contributed by atoms with E-state index >= 15 is 0 Å². The van der Waals surface area contributed by atoms with Crippen LogP contribution in [0.3, 0.4) is 0 Å². The van der Waals surface area contributed by atoms with Crippen LogP contribution in [-0.2, 0) is 22.6 Å². The van der Waals surface area contributed by atoms with Gasteiger partial charge in [0.15, 0.2) is 17.6 Å². The quantitative estimate of drug-likeness (QED) is 0.267. The largest absolute Gasteiger partial charge is 0.408 e. The molecule has 2 N–H and O–H groups in total. The highest BCUT2D eigenvalue weighted by atomic mass is 19.4. The van der Waals surface area contributed by atoms with Crippen LogP contribution in [0.1, 0.15) is 91.6 Å². The third-order valence-corrected chi connectivity index (χ3v) is 7.43. The number of aromatic nitrogens is 5. The number of hydrogen-bond donors (Lipinski definition) is 2. The Morgan fingerprint density at radius 3 is 2.37 bits per heavy atom. The molecule has 18 heteroatoms. The van der Waals surface area contributed by atoms with Gasteiger partial charge in [0, 0.05) is 31.6 Å². The summed E-state index contributed by atoms with van der Waals surface area (Å²) >= 11 is 0. The molecule has 4 heterocycles. The Balaban J connectivity index is 0.000000285. The monoisotopic (exact) mass is 663 g/mol. The molecule has 2 saturated carbocycles. The van der Waals surface area contributed by atoms with Crippen molar-refractivity contribution in [2.75, 3.05) is 0 Å². The van der Waals surface area contributed by atoms with Crippen LogP contribution in [0, 0.1) is 5.92 Å². The van der Waals surface area contributed by atoms with E-state index in [0.29, 0.717) is 42.4 Å². The van der Waals surface area contributed by atoms with E-state index in [1.807, 2.05) is 5.32 Å². The average molecular weight is 664 g/mol. The van der Waals surface area contributed by atoms with Crippen LogP contribution < -0.4 is 10.6 Å². The zero-order valence-electron chi connectivity index (χ0n) is 24.6. The summed E-state index contributed by atoms with van der Waals surface area (Å²) in [5.41, 5.74) is 2.32. The van der Waals surface area contributed by atoms with Gasteiger partial charge in [-0.25, -0.2) is 22.9 Å². The lowest BCUT2D eigenvalue weighted by Gasteiger charge is -2.20. The van der Waals surface area contributed by atoms with Crippen LogP contribution in [0.4, 0.5) is 30.7 Å². The van der Waals surface area contributed by atoms with Gasteiger partial charge >= 0.3 is 6.18 Å². The zero-order valence-corrected chi connectivity index (χ0v) is 24.6. The van der Waals surface area contributed by atoms with Gasteiger partial charge in [-0.2, -0.15) is 27.1 Å². The summed E-state index contributed by atoms with van der Waals surface area (Å²) in [6, 6.07) is -0.155. The summed E-state index contributed by atoms with van der Waals surface area (Å²) in [7, 11) is 0. The predicted octanol–water partition coefficient (Wildman–Crippen LogP) is 4.96. The van der Waals surface area contributed by atoms with E-state index in [-0.39, 0.29) is 43.8 Å². The number of carbonyl (C=O) groups is 3.